The summed E-state index contributed by atoms with van der Waals surface area (Å²) in [5.41, 5.74) is 0. The maximum Gasteiger partial charge on any atom is 0.306 e. The maximum absolute atomic E-state index is 12.9. The molecule has 0 aromatic rings. The molecule has 6 nitrogen and oxygen atoms in total. The molecule has 0 aliphatic rings. The van der Waals surface area contributed by atoms with E-state index in [1.54, 1.807) is 0 Å². The van der Waals surface area contributed by atoms with Crippen molar-refractivity contribution in [3.8, 4) is 0 Å². The van der Waals surface area contributed by atoms with Crippen LogP contribution in [0.3, 0.4) is 0 Å². The number of hydrogen-bond acceptors (Lipinski definition) is 6. The van der Waals surface area contributed by atoms with Crippen LogP contribution in [-0.2, 0) is 28.6 Å². The normalized spacial score (nSPS) is 13.1. The summed E-state index contributed by atoms with van der Waals surface area (Å²) in [5.74, 6) is -0.956. The third kappa shape index (κ3) is 58.3. The van der Waals surface area contributed by atoms with Gasteiger partial charge >= 0.3 is 17.9 Å². The van der Waals surface area contributed by atoms with Gasteiger partial charge in [-0.2, -0.15) is 0 Å². The highest BCUT2D eigenvalue weighted by Gasteiger charge is 2.19. The highest BCUT2D eigenvalue weighted by Crippen LogP contribution is 2.14. The van der Waals surface area contributed by atoms with Gasteiger partial charge in [0.05, 0.1) is 0 Å². The largest absolute Gasteiger partial charge is 0.462 e. The lowest BCUT2D eigenvalue weighted by Gasteiger charge is -2.18. The van der Waals surface area contributed by atoms with Crippen molar-refractivity contribution < 1.29 is 28.6 Å². The molecule has 0 heterocycles. The molecule has 0 aromatic heterocycles. The van der Waals surface area contributed by atoms with E-state index < -0.39 is 6.10 Å². The molecule has 412 valence electrons. The Morgan fingerprint density at radius 1 is 0.288 bits per heavy atom. The molecule has 0 rings (SSSR count). The standard InChI is InChI=1S/C67H108O6/c1-4-7-10-13-16-19-22-25-27-29-30-31-32-33-34-35-36-38-39-42-45-48-51-54-57-60-66(69)72-63-64(62-71-65(68)59-56-53-50-47-44-41-24-21-18-15-12-9-6-3)73-67(70)61-58-55-52-49-46-43-40-37-28-26-23-20-17-14-11-8-5-2/h7-8,10-11,16-17,19-21,24-28,30-31,33-34,36,38,42,45,64H,4-6,9,12-15,18,22-23,29,32,35,37,39-41,43-44,46-63H2,1-3H3/b10-7-,11-8-,19-16-,20-17-,24-21-,27-25-,28-26-,31-30-,34-33-,38-36-,45-42-. The molecule has 0 bridgehead atoms. The van der Waals surface area contributed by atoms with Gasteiger partial charge in [-0.25, -0.2) is 0 Å². The lowest BCUT2D eigenvalue weighted by Crippen LogP contribution is -2.30. The molecule has 0 saturated carbocycles. The molecule has 0 N–H and O–H groups in total. The van der Waals surface area contributed by atoms with Gasteiger partial charge in [-0.15, -0.1) is 0 Å². The number of carbonyl (C=O) groups is 3. The van der Waals surface area contributed by atoms with E-state index in [2.05, 4.69) is 154 Å². The molecule has 1 atom stereocenters. The Kier molecular flexibility index (Phi) is 56.4. The van der Waals surface area contributed by atoms with Gasteiger partial charge in [0.15, 0.2) is 6.10 Å². The fraction of sp³-hybridized carbons (Fsp3) is 0.627. The molecule has 1 unspecified atom stereocenters. The Morgan fingerprint density at radius 2 is 0.534 bits per heavy atom. The molecule has 73 heavy (non-hydrogen) atoms. The fourth-order valence-electron chi connectivity index (χ4n) is 7.72. The number of ether oxygens (including phenoxy) is 3. The van der Waals surface area contributed by atoms with E-state index in [1.807, 2.05) is 0 Å². The van der Waals surface area contributed by atoms with Gasteiger partial charge in [-0.3, -0.25) is 14.4 Å². The zero-order chi connectivity index (χ0) is 52.9. The zero-order valence-corrected chi connectivity index (χ0v) is 47.1. The quantitative estimate of drug-likeness (QED) is 0.0261. The van der Waals surface area contributed by atoms with Crippen LogP contribution in [0.5, 0.6) is 0 Å². The van der Waals surface area contributed by atoms with Crippen molar-refractivity contribution in [2.45, 2.75) is 258 Å². The average Bonchev–Trinajstić information content (AvgIpc) is 3.39. The minimum Gasteiger partial charge on any atom is -0.462 e. The molecule has 0 fully saturated rings. The first kappa shape index (κ1) is 68.6. The van der Waals surface area contributed by atoms with Gasteiger partial charge in [0, 0.05) is 19.3 Å². The second kappa shape index (κ2) is 60.1. The predicted octanol–water partition coefficient (Wildman–Crippen LogP) is 20.2. The minimum absolute atomic E-state index is 0.101. The van der Waals surface area contributed by atoms with Crippen LogP contribution in [0.25, 0.3) is 0 Å². The van der Waals surface area contributed by atoms with E-state index >= 15 is 0 Å². The van der Waals surface area contributed by atoms with E-state index in [1.165, 1.54) is 64.2 Å². The van der Waals surface area contributed by atoms with Gasteiger partial charge in [0.1, 0.15) is 13.2 Å². The van der Waals surface area contributed by atoms with E-state index in [4.69, 9.17) is 14.2 Å². The van der Waals surface area contributed by atoms with E-state index in [0.717, 1.165) is 148 Å². The second-order valence-electron chi connectivity index (χ2n) is 19.1. The molecule has 6 heteroatoms. The SMILES string of the molecule is CC/C=C\C/C=C\C/C=C\C/C=C\C/C=C\C/C=C\C/C=C\CCCCCC(=O)OCC(COC(=O)CCCCCCC/C=C\CCCCCC)OC(=O)CCCCCCCCC/C=C\C/C=C\C/C=C\CC. The first-order valence-electron chi connectivity index (χ1n) is 29.7. The van der Waals surface area contributed by atoms with Crippen molar-refractivity contribution in [1.82, 2.24) is 0 Å². The number of esters is 3. The molecular formula is C67H108O6. The van der Waals surface area contributed by atoms with Crippen molar-refractivity contribution in [3.63, 3.8) is 0 Å². The molecule has 0 aromatic carbocycles. The summed E-state index contributed by atoms with van der Waals surface area (Å²) in [7, 11) is 0. The summed E-state index contributed by atoms with van der Waals surface area (Å²) in [6, 6.07) is 0. The van der Waals surface area contributed by atoms with Crippen LogP contribution in [0.1, 0.15) is 252 Å². The van der Waals surface area contributed by atoms with E-state index in [0.29, 0.717) is 19.3 Å². The summed E-state index contributed by atoms with van der Waals surface area (Å²) in [5, 5.41) is 0. The number of allylic oxidation sites excluding steroid dienone is 22. The van der Waals surface area contributed by atoms with Crippen LogP contribution in [0.15, 0.2) is 134 Å². The Bertz CT molecular complexity index is 1580. The highest BCUT2D eigenvalue weighted by atomic mass is 16.6. The van der Waals surface area contributed by atoms with Crippen LogP contribution < -0.4 is 0 Å². The smallest absolute Gasteiger partial charge is 0.306 e. The fourth-order valence-corrected chi connectivity index (χ4v) is 7.72. The minimum atomic E-state index is -0.806. The number of carbonyl (C=O) groups excluding carboxylic acids is 3. The van der Waals surface area contributed by atoms with Crippen LogP contribution in [0.4, 0.5) is 0 Å². The van der Waals surface area contributed by atoms with Gasteiger partial charge in [0.25, 0.3) is 0 Å². The summed E-state index contributed by atoms with van der Waals surface area (Å²) in [4.78, 5) is 38.2. The molecule has 0 aliphatic carbocycles. The monoisotopic (exact) mass is 1010 g/mol. The highest BCUT2D eigenvalue weighted by molar-refractivity contribution is 5.71. The second-order valence-corrected chi connectivity index (χ2v) is 19.1. The summed E-state index contributed by atoms with van der Waals surface area (Å²) in [6.07, 6.45) is 84.4. The summed E-state index contributed by atoms with van der Waals surface area (Å²) in [6.45, 7) is 6.35. The Balaban J connectivity index is 4.46. The third-order valence-electron chi connectivity index (χ3n) is 12.1. The van der Waals surface area contributed by atoms with Crippen molar-refractivity contribution in [2.24, 2.45) is 0 Å². The average molecular weight is 1010 g/mol. The Morgan fingerprint density at radius 3 is 0.863 bits per heavy atom. The van der Waals surface area contributed by atoms with Crippen LogP contribution in [0, 0.1) is 0 Å². The summed E-state index contributed by atoms with van der Waals surface area (Å²) < 4.78 is 16.8. The van der Waals surface area contributed by atoms with Crippen molar-refractivity contribution in [2.75, 3.05) is 13.2 Å². The van der Waals surface area contributed by atoms with E-state index in [9.17, 15) is 14.4 Å². The lowest BCUT2D eigenvalue weighted by atomic mass is 10.1. The lowest BCUT2D eigenvalue weighted by molar-refractivity contribution is -0.167. The Hall–Kier alpha value is -4.45. The predicted molar refractivity (Wildman–Crippen MR) is 316 cm³/mol. The Labute approximate surface area is 449 Å². The zero-order valence-electron chi connectivity index (χ0n) is 47.1. The number of hydrogen-bond donors (Lipinski definition) is 0. The topological polar surface area (TPSA) is 78.9 Å². The van der Waals surface area contributed by atoms with Gasteiger partial charge in [-0.1, -0.05) is 231 Å². The number of unbranched alkanes of at least 4 members (excludes halogenated alkanes) is 19. The molecule has 0 aliphatic heterocycles. The van der Waals surface area contributed by atoms with Crippen LogP contribution in [0.2, 0.25) is 0 Å². The van der Waals surface area contributed by atoms with Crippen molar-refractivity contribution >= 4 is 17.9 Å². The van der Waals surface area contributed by atoms with Gasteiger partial charge < -0.3 is 14.2 Å². The molecule has 0 radical (unpaired) electrons. The van der Waals surface area contributed by atoms with Gasteiger partial charge in [0.2, 0.25) is 0 Å². The summed E-state index contributed by atoms with van der Waals surface area (Å²) >= 11 is 0. The molecule has 0 amide bonds. The molecule has 0 saturated heterocycles. The third-order valence-corrected chi connectivity index (χ3v) is 12.1. The van der Waals surface area contributed by atoms with E-state index in [-0.39, 0.29) is 31.1 Å². The van der Waals surface area contributed by atoms with Crippen molar-refractivity contribution in [1.29, 1.82) is 0 Å². The van der Waals surface area contributed by atoms with Crippen molar-refractivity contribution in [3.05, 3.63) is 134 Å². The van der Waals surface area contributed by atoms with Gasteiger partial charge in [-0.05, 0) is 135 Å². The first-order chi connectivity index (χ1) is 36.0. The van der Waals surface area contributed by atoms with Crippen LogP contribution in [-0.4, -0.2) is 37.2 Å². The molecule has 0 spiro atoms. The van der Waals surface area contributed by atoms with Crippen LogP contribution >= 0.6 is 0 Å². The maximum atomic E-state index is 12.9. The number of rotatable bonds is 52. The molecular weight excluding hydrogens is 901 g/mol. The first-order valence-corrected chi connectivity index (χ1v) is 29.7.